The van der Waals surface area contributed by atoms with Crippen molar-refractivity contribution in [3.8, 4) is 17.2 Å². The number of para-hydroxylation sites is 1. The Bertz CT molecular complexity index is 1080. The van der Waals surface area contributed by atoms with Crippen LogP contribution in [-0.2, 0) is 12.8 Å². The van der Waals surface area contributed by atoms with Gasteiger partial charge >= 0.3 is 0 Å². The summed E-state index contributed by atoms with van der Waals surface area (Å²) < 4.78 is 16.0. The summed E-state index contributed by atoms with van der Waals surface area (Å²) in [6.45, 7) is 1.91. The van der Waals surface area contributed by atoms with E-state index in [-0.39, 0.29) is 5.91 Å². The summed E-state index contributed by atoms with van der Waals surface area (Å²) in [7, 11) is 4.54. The lowest BCUT2D eigenvalue weighted by Crippen LogP contribution is -2.31. The molecule has 8 nitrogen and oxygen atoms in total. The zero-order chi connectivity index (χ0) is 22.5. The fourth-order valence-corrected chi connectivity index (χ4v) is 4.58. The van der Waals surface area contributed by atoms with E-state index in [1.165, 1.54) is 43.9 Å². The van der Waals surface area contributed by atoms with Gasteiger partial charge in [-0.3, -0.25) is 10.1 Å². The molecule has 1 amide bonds. The highest BCUT2D eigenvalue weighted by molar-refractivity contribution is 7.15. The lowest BCUT2D eigenvalue weighted by Gasteiger charge is -2.31. The van der Waals surface area contributed by atoms with E-state index in [0.717, 1.165) is 37.4 Å². The average molecular weight is 455 g/mol. The Morgan fingerprint density at radius 1 is 1.09 bits per heavy atom. The highest BCUT2D eigenvalue weighted by Gasteiger charge is 2.19. The Morgan fingerprint density at radius 2 is 1.84 bits per heavy atom. The lowest BCUT2D eigenvalue weighted by atomic mass is 10.0. The second-order valence-corrected chi connectivity index (χ2v) is 8.40. The first kappa shape index (κ1) is 21.9. The van der Waals surface area contributed by atoms with Gasteiger partial charge in [-0.1, -0.05) is 29.5 Å². The number of benzene rings is 2. The van der Waals surface area contributed by atoms with Crippen molar-refractivity contribution in [2.75, 3.05) is 44.6 Å². The first-order valence-electron chi connectivity index (χ1n) is 10.4. The van der Waals surface area contributed by atoms with Gasteiger partial charge in [0.2, 0.25) is 10.9 Å². The quantitative estimate of drug-likeness (QED) is 0.554. The second kappa shape index (κ2) is 9.86. The average Bonchev–Trinajstić information content (AvgIpc) is 3.28. The van der Waals surface area contributed by atoms with E-state index in [1.54, 1.807) is 12.1 Å². The largest absolute Gasteiger partial charge is 0.493 e. The van der Waals surface area contributed by atoms with Crippen LogP contribution in [0.4, 0.5) is 10.8 Å². The van der Waals surface area contributed by atoms with E-state index >= 15 is 0 Å². The number of rotatable bonds is 8. The molecule has 0 bridgehead atoms. The maximum atomic E-state index is 12.8. The Kier molecular flexibility index (Phi) is 6.75. The molecule has 2 heterocycles. The Morgan fingerprint density at radius 3 is 2.56 bits per heavy atom. The first-order valence-corrected chi connectivity index (χ1v) is 11.2. The number of nitrogens with zero attached hydrogens (tertiary/aromatic N) is 3. The van der Waals surface area contributed by atoms with Gasteiger partial charge in [-0.2, -0.15) is 0 Å². The van der Waals surface area contributed by atoms with Crippen LogP contribution in [0.15, 0.2) is 36.4 Å². The third-order valence-corrected chi connectivity index (χ3v) is 6.31. The summed E-state index contributed by atoms with van der Waals surface area (Å²) in [5.74, 6) is 0.939. The Balaban J connectivity index is 1.41. The van der Waals surface area contributed by atoms with Crippen molar-refractivity contribution in [1.29, 1.82) is 0 Å². The molecular weight excluding hydrogens is 428 g/mol. The number of aryl methyl sites for hydroxylation is 1. The first-order chi connectivity index (χ1) is 15.6. The van der Waals surface area contributed by atoms with E-state index in [4.69, 9.17) is 14.2 Å². The van der Waals surface area contributed by atoms with Gasteiger partial charge in [0.15, 0.2) is 11.5 Å². The molecule has 0 saturated carbocycles. The molecule has 0 radical (unpaired) electrons. The van der Waals surface area contributed by atoms with Gasteiger partial charge in [-0.25, -0.2) is 0 Å². The van der Waals surface area contributed by atoms with Crippen LogP contribution in [0.3, 0.4) is 0 Å². The fraction of sp³-hybridized carbons (Fsp3) is 0.348. The van der Waals surface area contributed by atoms with E-state index in [9.17, 15) is 4.79 Å². The minimum Gasteiger partial charge on any atom is -0.493 e. The van der Waals surface area contributed by atoms with Crippen molar-refractivity contribution >= 4 is 28.1 Å². The minimum atomic E-state index is -0.322. The molecular formula is C23H26N4O4S. The summed E-state index contributed by atoms with van der Waals surface area (Å²) in [5.41, 5.74) is 3.08. The van der Waals surface area contributed by atoms with Crippen molar-refractivity contribution < 1.29 is 19.0 Å². The second-order valence-electron chi connectivity index (χ2n) is 7.34. The van der Waals surface area contributed by atoms with E-state index in [1.807, 2.05) is 0 Å². The third kappa shape index (κ3) is 4.62. The highest BCUT2D eigenvalue weighted by Crippen LogP contribution is 2.38. The number of hydrogen-bond acceptors (Lipinski definition) is 8. The zero-order valence-corrected chi connectivity index (χ0v) is 19.2. The number of aromatic nitrogens is 2. The topological polar surface area (TPSA) is 85.8 Å². The number of methoxy groups -OCH3 is 3. The molecule has 32 heavy (non-hydrogen) atoms. The van der Waals surface area contributed by atoms with Crippen molar-refractivity contribution in [1.82, 2.24) is 10.2 Å². The molecule has 0 fully saturated rings. The van der Waals surface area contributed by atoms with Gasteiger partial charge in [0.1, 0.15) is 5.01 Å². The normalized spacial score (nSPS) is 12.8. The van der Waals surface area contributed by atoms with Crippen LogP contribution in [0, 0.1) is 0 Å². The van der Waals surface area contributed by atoms with Gasteiger partial charge in [0.05, 0.1) is 21.3 Å². The molecule has 1 aliphatic heterocycles. The van der Waals surface area contributed by atoms with E-state index in [2.05, 4.69) is 44.7 Å². The number of amides is 1. The molecule has 9 heteroatoms. The van der Waals surface area contributed by atoms with Crippen molar-refractivity contribution in [2.24, 2.45) is 0 Å². The van der Waals surface area contributed by atoms with Crippen LogP contribution in [0.5, 0.6) is 17.2 Å². The molecule has 1 N–H and O–H groups in total. The van der Waals surface area contributed by atoms with E-state index < -0.39 is 0 Å². The Labute approximate surface area is 191 Å². The molecule has 0 aliphatic carbocycles. The predicted molar refractivity (Wildman–Crippen MR) is 125 cm³/mol. The maximum Gasteiger partial charge on any atom is 0.257 e. The fourth-order valence-electron chi connectivity index (χ4n) is 3.86. The molecule has 4 rings (SSSR count). The summed E-state index contributed by atoms with van der Waals surface area (Å²) >= 11 is 1.39. The molecule has 0 saturated heterocycles. The molecule has 168 valence electrons. The van der Waals surface area contributed by atoms with Crippen LogP contribution >= 0.6 is 11.3 Å². The molecule has 0 spiro atoms. The molecule has 0 atom stereocenters. The van der Waals surface area contributed by atoms with Crippen LogP contribution in [-0.4, -0.2) is 50.5 Å². The van der Waals surface area contributed by atoms with Gasteiger partial charge < -0.3 is 19.1 Å². The minimum absolute atomic E-state index is 0.322. The van der Waals surface area contributed by atoms with Crippen LogP contribution in [0.1, 0.15) is 27.3 Å². The highest BCUT2D eigenvalue weighted by atomic mass is 32.1. The number of carbonyl (C=O) groups is 1. The summed E-state index contributed by atoms with van der Waals surface area (Å²) in [5, 5.41) is 12.5. The SMILES string of the molecule is COc1cc(C(=O)Nc2nnc(CCN3CCCc4ccccc43)s2)cc(OC)c1OC. The van der Waals surface area contributed by atoms with Crippen LogP contribution in [0.25, 0.3) is 0 Å². The Hall–Kier alpha value is -3.33. The van der Waals surface area contributed by atoms with Crippen molar-refractivity contribution in [2.45, 2.75) is 19.3 Å². The number of carbonyl (C=O) groups excluding carboxylic acids is 1. The van der Waals surface area contributed by atoms with Gasteiger partial charge in [0.25, 0.3) is 5.91 Å². The molecule has 3 aromatic rings. The van der Waals surface area contributed by atoms with Crippen molar-refractivity contribution in [3.63, 3.8) is 0 Å². The predicted octanol–water partition coefficient (Wildman–Crippen LogP) is 3.81. The zero-order valence-electron chi connectivity index (χ0n) is 18.4. The smallest absolute Gasteiger partial charge is 0.257 e. The van der Waals surface area contributed by atoms with Gasteiger partial charge in [0, 0.05) is 30.8 Å². The number of anilines is 2. The molecule has 1 aliphatic rings. The molecule has 0 unspecified atom stereocenters. The van der Waals surface area contributed by atoms with E-state index in [0.29, 0.717) is 27.9 Å². The van der Waals surface area contributed by atoms with Crippen LogP contribution < -0.4 is 24.4 Å². The summed E-state index contributed by atoms with van der Waals surface area (Å²) in [4.78, 5) is 15.2. The number of nitrogens with one attached hydrogen (secondary N) is 1. The lowest BCUT2D eigenvalue weighted by molar-refractivity contribution is 0.102. The van der Waals surface area contributed by atoms with Gasteiger partial charge in [-0.05, 0) is 36.6 Å². The standard InChI is InChI=1S/C23H26N4O4S/c1-29-18-13-16(14-19(30-2)21(18)31-3)22(28)24-23-26-25-20(32-23)10-12-27-11-6-8-15-7-4-5-9-17(15)27/h4-5,7,9,13-14H,6,8,10-12H2,1-3H3,(H,24,26,28). The van der Waals surface area contributed by atoms with Gasteiger partial charge in [-0.15, -0.1) is 10.2 Å². The summed E-state index contributed by atoms with van der Waals surface area (Å²) in [6, 6.07) is 11.8. The number of fused-ring (bicyclic) bond motifs is 1. The number of hydrogen-bond donors (Lipinski definition) is 1. The van der Waals surface area contributed by atoms with Crippen LogP contribution in [0.2, 0.25) is 0 Å². The molecule has 1 aromatic heterocycles. The van der Waals surface area contributed by atoms with Crippen molar-refractivity contribution in [3.05, 3.63) is 52.5 Å². The molecule has 2 aromatic carbocycles. The summed E-state index contributed by atoms with van der Waals surface area (Å²) in [6.07, 6.45) is 3.05. The maximum absolute atomic E-state index is 12.8. The third-order valence-electron chi connectivity index (χ3n) is 5.42. The number of ether oxygens (including phenoxy) is 3. The monoisotopic (exact) mass is 454 g/mol.